The van der Waals surface area contributed by atoms with Crippen molar-refractivity contribution >= 4 is 5.78 Å². The second-order valence-corrected chi connectivity index (χ2v) is 9.98. The average molecular weight is 332 g/mol. The monoisotopic (exact) mass is 331 g/mol. The third-order valence-electron chi connectivity index (χ3n) is 9.28. The first-order valence-electron chi connectivity index (χ1n) is 10.2. The summed E-state index contributed by atoms with van der Waals surface area (Å²) in [6.45, 7) is 6.76. The summed E-state index contributed by atoms with van der Waals surface area (Å²) in [5.41, 5.74) is 0.678. The lowest BCUT2D eigenvalue weighted by atomic mass is 9.44. The zero-order valence-electron chi connectivity index (χ0n) is 15.6. The third kappa shape index (κ3) is 2.18. The molecular formula is C21H33NO2. The second-order valence-electron chi connectivity index (χ2n) is 9.98. The molecule has 0 spiro atoms. The van der Waals surface area contributed by atoms with Crippen molar-refractivity contribution < 1.29 is 4.79 Å². The van der Waals surface area contributed by atoms with Gasteiger partial charge < -0.3 is 0 Å². The molecule has 0 saturated heterocycles. The summed E-state index contributed by atoms with van der Waals surface area (Å²) in [6, 6.07) is 0.0713. The van der Waals surface area contributed by atoms with E-state index in [1.165, 1.54) is 38.5 Å². The molecule has 0 aliphatic heterocycles. The minimum Gasteiger partial charge on any atom is -0.300 e. The van der Waals surface area contributed by atoms with Crippen LogP contribution < -0.4 is 0 Å². The molecular weight excluding hydrogens is 298 g/mol. The molecule has 0 aromatic rings. The van der Waals surface area contributed by atoms with E-state index in [2.05, 4.69) is 19.0 Å². The van der Waals surface area contributed by atoms with E-state index in [9.17, 15) is 9.70 Å². The molecule has 0 aromatic carbocycles. The van der Waals surface area contributed by atoms with Crippen LogP contribution in [-0.2, 0) is 4.79 Å². The highest BCUT2D eigenvalue weighted by atomic mass is 16.3. The summed E-state index contributed by atoms with van der Waals surface area (Å²) in [4.78, 5) is 23.2. The maximum atomic E-state index is 12.2. The van der Waals surface area contributed by atoms with Gasteiger partial charge in [0.25, 0.3) is 0 Å². The average Bonchev–Trinajstić information content (AvgIpc) is 2.91. The Bertz CT molecular complexity index is 546. The predicted octanol–water partition coefficient (Wildman–Crippen LogP) is 5.37. The van der Waals surface area contributed by atoms with Crippen LogP contribution in [0.15, 0.2) is 5.18 Å². The van der Waals surface area contributed by atoms with E-state index in [0.717, 1.165) is 37.0 Å². The van der Waals surface area contributed by atoms with Crippen molar-refractivity contribution in [1.82, 2.24) is 0 Å². The molecule has 134 valence electrons. The number of hydrogen-bond acceptors (Lipinski definition) is 3. The van der Waals surface area contributed by atoms with E-state index in [0.29, 0.717) is 23.0 Å². The van der Waals surface area contributed by atoms with Gasteiger partial charge >= 0.3 is 0 Å². The summed E-state index contributed by atoms with van der Waals surface area (Å²) >= 11 is 0. The van der Waals surface area contributed by atoms with Crippen molar-refractivity contribution in [2.24, 2.45) is 45.6 Å². The van der Waals surface area contributed by atoms with E-state index in [1.54, 1.807) is 0 Å². The van der Waals surface area contributed by atoms with Crippen LogP contribution in [-0.4, -0.2) is 11.8 Å². The molecule has 4 fully saturated rings. The van der Waals surface area contributed by atoms with E-state index in [4.69, 9.17) is 0 Å². The zero-order valence-corrected chi connectivity index (χ0v) is 15.6. The molecule has 0 heterocycles. The molecule has 4 rings (SSSR count). The van der Waals surface area contributed by atoms with E-state index in [1.807, 2.05) is 6.92 Å². The van der Waals surface area contributed by atoms with Gasteiger partial charge in [-0.15, -0.1) is 0 Å². The van der Waals surface area contributed by atoms with Gasteiger partial charge in [-0.2, -0.15) is 4.91 Å². The first-order valence-corrected chi connectivity index (χ1v) is 10.2. The lowest BCUT2D eigenvalue weighted by molar-refractivity contribution is -0.133. The minimum atomic E-state index is 0.0713. The van der Waals surface area contributed by atoms with Crippen LogP contribution in [0.2, 0.25) is 0 Å². The third-order valence-corrected chi connectivity index (χ3v) is 9.28. The molecule has 3 nitrogen and oxygen atoms in total. The van der Waals surface area contributed by atoms with Crippen molar-refractivity contribution in [1.29, 1.82) is 0 Å². The summed E-state index contributed by atoms with van der Waals surface area (Å²) in [7, 11) is 0. The summed E-state index contributed by atoms with van der Waals surface area (Å²) in [5.74, 6) is 3.82. The lowest BCUT2D eigenvalue weighted by Crippen LogP contribution is -2.54. The van der Waals surface area contributed by atoms with Gasteiger partial charge in [0.2, 0.25) is 0 Å². The quantitative estimate of drug-likeness (QED) is 0.639. The van der Waals surface area contributed by atoms with Crippen LogP contribution in [0.4, 0.5) is 0 Å². The highest BCUT2D eigenvalue weighted by Gasteiger charge is 2.60. The Morgan fingerprint density at radius 1 is 0.917 bits per heavy atom. The summed E-state index contributed by atoms with van der Waals surface area (Å²) in [6.07, 6.45) is 10.7. The van der Waals surface area contributed by atoms with Gasteiger partial charge in [0.1, 0.15) is 5.78 Å². The number of carbonyl (C=O) groups excluding carboxylic acids is 1. The van der Waals surface area contributed by atoms with Gasteiger partial charge in [-0.1, -0.05) is 19.0 Å². The fraction of sp³-hybridized carbons (Fsp3) is 0.952. The van der Waals surface area contributed by atoms with Crippen molar-refractivity contribution in [3.63, 3.8) is 0 Å². The van der Waals surface area contributed by atoms with Crippen LogP contribution >= 0.6 is 0 Å². The van der Waals surface area contributed by atoms with Crippen molar-refractivity contribution in [2.75, 3.05) is 0 Å². The van der Waals surface area contributed by atoms with E-state index in [-0.39, 0.29) is 11.5 Å². The fourth-order valence-electron chi connectivity index (χ4n) is 8.00. The summed E-state index contributed by atoms with van der Waals surface area (Å²) < 4.78 is 0. The van der Waals surface area contributed by atoms with Crippen LogP contribution in [0.5, 0.6) is 0 Å². The normalized spacial score (nSPS) is 53.6. The molecule has 24 heavy (non-hydrogen) atoms. The second kappa shape index (κ2) is 5.64. The number of carbonyl (C=O) groups is 1. The number of rotatable bonds is 2. The molecule has 8 atom stereocenters. The number of hydrogen-bond donors (Lipinski definition) is 0. The van der Waals surface area contributed by atoms with Crippen molar-refractivity contribution in [2.45, 2.75) is 84.6 Å². The lowest BCUT2D eigenvalue weighted by Gasteiger charge is -2.60. The number of ketones is 1. The van der Waals surface area contributed by atoms with E-state index < -0.39 is 0 Å². The Hall–Kier alpha value is -0.730. The Morgan fingerprint density at radius 2 is 1.62 bits per heavy atom. The van der Waals surface area contributed by atoms with Gasteiger partial charge in [0.15, 0.2) is 0 Å². The Balaban J connectivity index is 1.60. The first kappa shape index (κ1) is 16.7. The molecule has 8 unspecified atom stereocenters. The van der Waals surface area contributed by atoms with Gasteiger partial charge in [0, 0.05) is 5.92 Å². The van der Waals surface area contributed by atoms with Crippen LogP contribution in [0.3, 0.4) is 0 Å². The maximum Gasteiger partial charge on any atom is 0.133 e. The van der Waals surface area contributed by atoms with Crippen LogP contribution in [0, 0.1) is 45.3 Å². The Morgan fingerprint density at radius 3 is 2.33 bits per heavy atom. The largest absolute Gasteiger partial charge is 0.300 e. The number of nitroso groups, excluding NO2 is 1. The molecule has 4 aliphatic rings. The predicted molar refractivity (Wildman–Crippen MR) is 95.5 cm³/mol. The standard InChI is InChI=1S/C21H33NO2/c1-13(23)17-6-7-18-16-5-4-14-12-15(22-24)8-10-20(14,2)19(16)9-11-21(17,18)3/h14-19H,4-12H2,1-3H3. The SMILES string of the molecule is CC(=O)C1CCC2C3CCC4CC(N=O)CCC4(C)C3CCC12C. The van der Waals surface area contributed by atoms with Gasteiger partial charge in [-0.05, 0) is 99.2 Å². The minimum absolute atomic E-state index is 0.0713. The Kier molecular flexibility index (Phi) is 3.93. The molecule has 0 aromatic heterocycles. The highest BCUT2D eigenvalue weighted by Crippen LogP contribution is 2.67. The van der Waals surface area contributed by atoms with Gasteiger partial charge in [0.05, 0.1) is 6.04 Å². The topological polar surface area (TPSA) is 46.5 Å². The molecule has 0 bridgehead atoms. The van der Waals surface area contributed by atoms with E-state index >= 15 is 0 Å². The Labute approximate surface area is 146 Å². The fourth-order valence-corrected chi connectivity index (χ4v) is 8.00. The molecule has 0 N–H and O–H groups in total. The molecule has 0 amide bonds. The zero-order chi connectivity index (χ0) is 17.1. The van der Waals surface area contributed by atoms with Crippen LogP contribution in [0.1, 0.15) is 78.6 Å². The molecule has 0 radical (unpaired) electrons. The molecule has 3 heteroatoms. The number of nitrogens with zero attached hydrogens (tertiary/aromatic N) is 1. The van der Waals surface area contributed by atoms with Crippen molar-refractivity contribution in [3.05, 3.63) is 4.91 Å². The summed E-state index contributed by atoms with van der Waals surface area (Å²) in [5, 5.41) is 3.38. The molecule has 4 saturated carbocycles. The maximum absolute atomic E-state index is 12.2. The molecule has 4 aliphatic carbocycles. The highest BCUT2D eigenvalue weighted by molar-refractivity contribution is 5.79. The number of Topliss-reactive ketones (excluding diaryl/α,β-unsaturated/α-hetero) is 1. The van der Waals surface area contributed by atoms with Crippen LogP contribution in [0.25, 0.3) is 0 Å². The number of fused-ring (bicyclic) bond motifs is 5. The first-order chi connectivity index (χ1) is 11.4. The van der Waals surface area contributed by atoms with Crippen molar-refractivity contribution in [3.8, 4) is 0 Å². The van der Waals surface area contributed by atoms with Gasteiger partial charge in [-0.25, -0.2) is 0 Å². The van der Waals surface area contributed by atoms with Gasteiger partial charge in [-0.3, -0.25) is 4.79 Å². The smallest absolute Gasteiger partial charge is 0.133 e.